The molecule has 0 aromatic heterocycles. The van der Waals surface area contributed by atoms with Crippen LogP contribution in [0.25, 0.3) is 0 Å². The number of aliphatic hydroxyl groups excluding tert-OH is 4. The molecule has 0 spiro atoms. The van der Waals surface area contributed by atoms with Gasteiger partial charge in [-0.15, -0.1) is 0 Å². The van der Waals surface area contributed by atoms with Gasteiger partial charge >= 0.3 is 11.9 Å². The van der Waals surface area contributed by atoms with Gasteiger partial charge in [-0.3, -0.25) is 9.59 Å². The van der Waals surface area contributed by atoms with Gasteiger partial charge in [-0.1, -0.05) is 82.4 Å². The topological polar surface area (TPSA) is 152 Å². The molecule has 1 fully saturated rings. The Bertz CT molecular complexity index is 794. The van der Waals surface area contributed by atoms with Crippen LogP contribution in [0, 0.1) is 0 Å². The average molecular weight is 599 g/mol. The van der Waals surface area contributed by atoms with Crippen LogP contribution < -0.4 is 0 Å². The summed E-state index contributed by atoms with van der Waals surface area (Å²) in [6.45, 7) is 2.66. The van der Waals surface area contributed by atoms with E-state index in [9.17, 15) is 30.0 Å². The Morgan fingerprint density at radius 1 is 0.762 bits per heavy atom. The summed E-state index contributed by atoms with van der Waals surface area (Å²) in [5.74, 6) is -0.924. The third-order valence-corrected chi connectivity index (χ3v) is 6.84. The monoisotopic (exact) mass is 598 g/mol. The molecule has 0 aromatic carbocycles. The molecule has 0 saturated carbocycles. The first-order chi connectivity index (χ1) is 20.3. The molecule has 0 radical (unpaired) electrons. The SMILES string of the molecule is CC/C=C\C/C=C\C/C=C\CCCCCCCCCC(=O)OC(COC(=O)CC)COC1OC(CO)C(O)C(O)C1O. The van der Waals surface area contributed by atoms with Crippen molar-refractivity contribution < 1.29 is 49.0 Å². The molecular formula is C32H54O10. The molecule has 1 saturated heterocycles. The summed E-state index contributed by atoms with van der Waals surface area (Å²) in [5, 5.41) is 39.3. The zero-order chi connectivity index (χ0) is 31.0. The van der Waals surface area contributed by atoms with E-state index in [1.807, 2.05) is 0 Å². The quantitative estimate of drug-likeness (QED) is 0.0770. The number of rotatable bonds is 23. The Hall–Kier alpha value is -2.08. The highest BCUT2D eigenvalue weighted by molar-refractivity contribution is 5.70. The number of allylic oxidation sites excluding steroid dienone is 6. The van der Waals surface area contributed by atoms with Crippen molar-refractivity contribution in [1.82, 2.24) is 0 Å². The van der Waals surface area contributed by atoms with Crippen molar-refractivity contribution in [1.29, 1.82) is 0 Å². The van der Waals surface area contributed by atoms with Crippen LogP contribution in [0.2, 0.25) is 0 Å². The van der Waals surface area contributed by atoms with Crippen molar-refractivity contribution in [2.45, 2.75) is 134 Å². The summed E-state index contributed by atoms with van der Waals surface area (Å²) in [5.41, 5.74) is 0. The molecular weight excluding hydrogens is 544 g/mol. The largest absolute Gasteiger partial charge is 0.462 e. The Morgan fingerprint density at radius 2 is 1.38 bits per heavy atom. The zero-order valence-electron chi connectivity index (χ0n) is 25.5. The lowest BCUT2D eigenvalue weighted by Gasteiger charge is -2.39. The fraction of sp³-hybridized carbons (Fsp3) is 0.750. The van der Waals surface area contributed by atoms with E-state index < -0.39 is 55.4 Å². The Morgan fingerprint density at radius 3 is 2.02 bits per heavy atom. The predicted molar refractivity (Wildman–Crippen MR) is 159 cm³/mol. The van der Waals surface area contributed by atoms with Crippen molar-refractivity contribution in [3.63, 3.8) is 0 Å². The number of esters is 2. The predicted octanol–water partition coefficient (Wildman–Crippen LogP) is 4.04. The van der Waals surface area contributed by atoms with Crippen molar-refractivity contribution in [3.05, 3.63) is 36.5 Å². The maximum Gasteiger partial charge on any atom is 0.306 e. The minimum absolute atomic E-state index is 0.153. The molecule has 6 atom stereocenters. The van der Waals surface area contributed by atoms with Crippen LogP contribution in [-0.4, -0.2) is 89.0 Å². The number of ether oxygens (including phenoxy) is 4. The van der Waals surface area contributed by atoms with E-state index >= 15 is 0 Å². The van der Waals surface area contributed by atoms with E-state index in [2.05, 4.69) is 43.4 Å². The van der Waals surface area contributed by atoms with Gasteiger partial charge in [-0.05, 0) is 38.5 Å². The van der Waals surface area contributed by atoms with Gasteiger partial charge in [0.15, 0.2) is 12.4 Å². The maximum absolute atomic E-state index is 12.4. The van der Waals surface area contributed by atoms with Gasteiger partial charge < -0.3 is 39.4 Å². The minimum Gasteiger partial charge on any atom is -0.462 e. The van der Waals surface area contributed by atoms with E-state index in [4.69, 9.17) is 18.9 Å². The Kier molecular flexibility index (Phi) is 22.0. The molecule has 1 heterocycles. The first-order valence-corrected chi connectivity index (χ1v) is 15.6. The van der Waals surface area contributed by atoms with E-state index in [0.717, 1.165) is 44.9 Å². The fourth-order valence-corrected chi connectivity index (χ4v) is 4.30. The van der Waals surface area contributed by atoms with Crippen LogP contribution in [0.15, 0.2) is 36.5 Å². The number of unbranched alkanes of at least 4 members (excludes halogenated alkanes) is 7. The second-order valence-corrected chi connectivity index (χ2v) is 10.5. The second kappa shape index (κ2) is 24.4. The molecule has 42 heavy (non-hydrogen) atoms. The maximum atomic E-state index is 12.4. The van der Waals surface area contributed by atoms with Crippen LogP contribution in [0.1, 0.15) is 97.3 Å². The summed E-state index contributed by atoms with van der Waals surface area (Å²) in [6, 6.07) is 0. The minimum atomic E-state index is -1.59. The van der Waals surface area contributed by atoms with Gasteiger partial charge in [0.1, 0.15) is 31.0 Å². The Labute approximate surface area is 251 Å². The molecule has 6 unspecified atom stereocenters. The summed E-state index contributed by atoms with van der Waals surface area (Å²) in [4.78, 5) is 24.0. The van der Waals surface area contributed by atoms with Crippen molar-refractivity contribution >= 4 is 11.9 Å². The normalized spacial score (nSPS) is 23.6. The Balaban J connectivity index is 2.24. The number of aliphatic hydroxyl groups is 4. The molecule has 1 aliphatic heterocycles. The smallest absolute Gasteiger partial charge is 0.306 e. The van der Waals surface area contributed by atoms with Gasteiger partial charge in [-0.2, -0.15) is 0 Å². The highest BCUT2D eigenvalue weighted by Crippen LogP contribution is 2.22. The third kappa shape index (κ3) is 17.1. The molecule has 1 rings (SSSR count). The number of hydrogen-bond donors (Lipinski definition) is 4. The van der Waals surface area contributed by atoms with E-state index in [1.54, 1.807) is 6.92 Å². The van der Waals surface area contributed by atoms with Crippen molar-refractivity contribution in [2.24, 2.45) is 0 Å². The van der Waals surface area contributed by atoms with Gasteiger partial charge in [0.05, 0.1) is 13.2 Å². The number of carbonyl (C=O) groups excluding carboxylic acids is 2. The molecule has 0 aliphatic carbocycles. The summed E-state index contributed by atoms with van der Waals surface area (Å²) in [6.07, 6.45) is 16.9. The van der Waals surface area contributed by atoms with Gasteiger partial charge in [0.2, 0.25) is 0 Å². The van der Waals surface area contributed by atoms with Crippen LogP contribution >= 0.6 is 0 Å². The molecule has 0 amide bonds. The van der Waals surface area contributed by atoms with Crippen molar-refractivity contribution in [2.75, 3.05) is 19.8 Å². The molecule has 4 N–H and O–H groups in total. The van der Waals surface area contributed by atoms with E-state index in [-0.39, 0.29) is 26.1 Å². The lowest BCUT2D eigenvalue weighted by atomic mass is 9.99. The third-order valence-electron chi connectivity index (χ3n) is 6.84. The standard InChI is InChI=1S/C32H54O10/c1-3-5-6-7-8-9-10-11-12-13-14-15-16-17-18-19-20-21-28(35)41-25(23-39-27(34)4-2)24-40-32-31(38)30(37)29(36)26(22-33)42-32/h5-6,8-9,11-12,25-26,29-33,36-38H,3-4,7,10,13-24H2,1-2H3/b6-5-,9-8-,12-11-. The zero-order valence-corrected chi connectivity index (χ0v) is 25.5. The first kappa shape index (κ1) is 37.9. The average Bonchev–Trinajstić information content (AvgIpc) is 2.99. The van der Waals surface area contributed by atoms with Crippen LogP contribution in [-0.2, 0) is 28.5 Å². The molecule has 10 heteroatoms. The lowest BCUT2D eigenvalue weighted by molar-refractivity contribution is -0.305. The molecule has 10 nitrogen and oxygen atoms in total. The highest BCUT2D eigenvalue weighted by atomic mass is 16.7. The van der Waals surface area contributed by atoms with Crippen LogP contribution in [0.5, 0.6) is 0 Å². The molecule has 242 valence electrons. The second-order valence-electron chi connectivity index (χ2n) is 10.5. The molecule has 0 bridgehead atoms. The number of hydrogen-bond acceptors (Lipinski definition) is 10. The van der Waals surface area contributed by atoms with Gasteiger partial charge in [-0.25, -0.2) is 0 Å². The number of carbonyl (C=O) groups is 2. The lowest BCUT2D eigenvalue weighted by Crippen LogP contribution is -2.59. The highest BCUT2D eigenvalue weighted by Gasteiger charge is 2.44. The molecule has 1 aliphatic rings. The summed E-state index contributed by atoms with van der Waals surface area (Å²) >= 11 is 0. The fourth-order valence-electron chi connectivity index (χ4n) is 4.30. The first-order valence-electron chi connectivity index (χ1n) is 15.6. The van der Waals surface area contributed by atoms with Crippen LogP contribution in [0.3, 0.4) is 0 Å². The summed E-state index contributed by atoms with van der Waals surface area (Å²) in [7, 11) is 0. The van der Waals surface area contributed by atoms with Crippen molar-refractivity contribution in [3.8, 4) is 0 Å². The summed E-state index contributed by atoms with van der Waals surface area (Å²) < 4.78 is 21.3. The van der Waals surface area contributed by atoms with E-state index in [1.165, 1.54) is 19.3 Å². The molecule has 0 aromatic rings. The van der Waals surface area contributed by atoms with Gasteiger partial charge in [0, 0.05) is 12.8 Å². The van der Waals surface area contributed by atoms with Crippen LogP contribution in [0.4, 0.5) is 0 Å². The van der Waals surface area contributed by atoms with E-state index in [0.29, 0.717) is 6.42 Å². The van der Waals surface area contributed by atoms with Gasteiger partial charge in [0.25, 0.3) is 0 Å².